The normalized spacial score (nSPS) is 30.5. The van der Waals surface area contributed by atoms with Crippen molar-refractivity contribution in [3.8, 4) is 0 Å². The van der Waals surface area contributed by atoms with Gasteiger partial charge in [-0.05, 0) is 42.2 Å². The van der Waals surface area contributed by atoms with Gasteiger partial charge in [-0.25, -0.2) is 0 Å². The smallest absolute Gasteiger partial charge is 0.310 e. The molecule has 3 fully saturated rings. The summed E-state index contributed by atoms with van der Waals surface area (Å²) < 4.78 is 4.62. The van der Waals surface area contributed by atoms with Crippen LogP contribution in [0.1, 0.15) is 20.3 Å². The second-order valence-electron chi connectivity index (χ2n) is 9.83. The van der Waals surface area contributed by atoms with E-state index < -0.39 is 22.6 Å². The molecule has 2 bridgehead atoms. The summed E-state index contributed by atoms with van der Waals surface area (Å²) in [6.07, 6.45) is 2.42. The fourth-order valence-corrected chi connectivity index (χ4v) is 9.00. The van der Waals surface area contributed by atoms with E-state index in [9.17, 15) is 19.5 Å². The van der Waals surface area contributed by atoms with Crippen molar-refractivity contribution >= 4 is 46.0 Å². The highest BCUT2D eigenvalue weighted by Crippen LogP contribution is 2.68. The molecule has 2 aromatic carbocycles. The third kappa shape index (κ3) is 3.57. The minimum Gasteiger partial charge on any atom is -0.466 e. The Kier molecular flexibility index (Phi) is 6.59. The number of thioether (sulfide) groups is 1. The average Bonchev–Trinajstić information content (AvgIpc) is 3.46. The summed E-state index contributed by atoms with van der Waals surface area (Å²) in [5, 5.41) is 11.9. The molecule has 3 saturated heterocycles. The van der Waals surface area contributed by atoms with Gasteiger partial charge in [0, 0.05) is 24.0 Å². The maximum absolute atomic E-state index is 14.4. The zero-order valence-corrected chi connectivity index (χ0v) is 21.4. The van der Waals surface area contributed by atoms with E-state index in [-0.39, 0.29) is 55.3 Å². The number of carbonyl (C=O) groups excluding carboxylic acids is 3. The van der Waals surface area contributed by atoms with Gasteiger partial charge in [-0.15, -0.1) is 18.3 Å². The quantitative estimate of drug-likeness (QED) is 0.435. The van der Waals surface area contributed by atoms with Gasteiger partial charge in [0.05, 0.1) is 29.8 Å². The number of ether oxygens (including phenoxy) is 1. The molecule has 36 heavy (non-hydrogen) atoms. The van der Waals surface area contributed by atoms with E-state index in [0.29, 0.717) is 0 Å². The highest BCUT2D eigenvalue weighted by Gasteiger charge is 2.76. The van der Waals surface area contributed by atoms with Crippen molar-refractivity contribution < 1.29 is 24.2 Å². The summed E-state index contributed by atoms with van der Waals surface area (Å²) >= 11 is 1.60. The number of esters is 1. The van der Waals surface area contributed by atoms with Crippen LogP contribution in [0.25, 0.3) is 10.8 Å². The van der Waals surface area contributed by atoms with Crippen molar-refractivity contribution in [1.29, 1.82) is 0 Å². The molecular formula is C28H32N2O5S. The molecule has 6 atom stereocenters. The lowest BCUT2D eigenvalue weighted by Crippen LogP contribution is -2.57. The number of fused-ring (bicyclic) bond motifs is 2. The Bertz CT molecular complexity index is 1220. The molecule has 3 aliphatic rings. The number of nitrogens with zero attached hydrogens (tertiary/aromatic N) is 2. The van der Waals surface area contributed by atoms with Gasteiger partial charge >= 0.3 is 5.97 Å². The average molecular weight is 509 g/mol. The van der Waals surface area contributed by atoms with Crippen LogP contribution in [-0.2, 0) is 19.1 Å². The van der Waals surface area contributed by atoms with Crippen molar-refractivity contribution in [3.63, 3.8) is 0 Å². The summed E-state index contributed by atoms with van der Waals surface area (Å²) in [6, 6.07) is 13.0. The topological polar surface area (TPSA) is 87.2 Å². The maximum atomic E-state index is 14.4. The number of aliphatic hydroxyl groups is 1. The van der Waals surface area contributed by atoms with Gasteiger partial charge in [0.15, 0.2) is 0 Å². The van der Waals surface area contributed by atoms with E-state index in [1.165, 1.54) is 4.90 Å². The zero-order chi connectivity index (χ0) is 25.6. The lowest BCUT2D eigenvalue weighted by molar-refractivity contribution is -0.154. The van der Waals surface area contributed by atoms with Gasteiger partial charge in [-0.2, -0.15) is 0 Å². The van der Waals surface area contributed by atoms with Crippen LogP contribution in [0.2, 0.25) is 0 Å². The third-order valence-corrected chi connectivity index (χ3v) is 10.1. The minimum atomic E-state index is -0.794. The molecule has 0 aliphatic carbocycles. The molecule has 8 heteroatoms. The molecule has 3 aliphatic heterocycles. The van der Waals surface area contributed by atoms with Gasteiger partial charge in [-0.3, -0.25) is 14.4 Å². The molecule has 0 aromatic heterocycles. The van der Waals surface area contributed by atoms with E-state index in [4.69, 9.17) is 4.74 Å². The Morgan fingerprint density at radius 2 is 2.03 bits per heavy atom. The van der Waals surface area contributed by atoms with Crippen molar-refractivity contribution in [3.05, 3.63) is 55.1 Å². The van der Waals surface area contributed by atoms with Crippen LogP contribution in [0.3, 0.4) is 0 Å². The molecule has 3 unspecified atom stereocenters. The van der Waals surface area contributed by atoms with Crippen LogP contribution in [0.15, 0.2) is 55.1 Å². The highest BCUT2D eigenvalue weighted by molar-refractivity contribution is 8.02. The number of hydrogen-bond donors (Lipinski definition) is 1. The number of hydrogen-bond acceptors (Lipinski definition) is 6. The van der Waals surface area contributed by atoms with Gasteiger partial charge < -0.3 is 19.6 Å². The summed E-state index contributed by atoms with van der Waals surface area (Å²) in [4.78, 5) is 44.5. The zero-order valence-electron chi connectivity index (χ0n) is 20.6. The number of likely N-dealkylation sites (tertiary alicyclic amines) is 1. The third-order valence-electron chi connectivity index (χ3n) is 8.00. The van der Waals surface area contributed by atoms with E-state index in [1.54, 1.807) is 29.7 Å². The van der Waals surface area contributed by atoms with E-state index in [1.807, 2.05) is 42.5 Å². The molecule has 7 nitrogen and oxygen atoms in total. The second kappa shape index (κ2) is 9.56. The molecule has 3 heterocycles. The Balaban J connectivity index is 1.59. The standard InChI is InChI=1S/C28H32N2O5S/c1-4-12-29(20-11-10-18-8-6-7-9-19(18)16-20)26(33)24-28-17(3)15-21(36-28)22(27(34)35-5-2)23(28)25(32)30(24)13-14-31/h4,6-11,16-17,21-24,31H,1,5,12-15H2,2-3H3/t17?,21-,22+,23+,24?,28?/m1/s1. The summed E-state index contributed by atoms with van der Waals surface area (Å²) in [7, 11) is 0. The maximum Gasteiger partial charge on any atom is 0.310 e. The highest BCUT2D eigenvalue weighted by atomic mass is 32.2. The predicted molar refractivity (Wildman–Crippen MR) is 141 cm³/mol. The molecule has 190 valence electrons. The first-order chi connectivity index (χ1) is 17.4. The van der Waals surface area contributed by atoms with E-state index in [2.05, 4.69) is 13.5 Å². The van der Waals surface area contributed by atoms with Crippen LogP contribution >= 0.6 is 11.8 Å². The molecule has 1 spiro atoms. The molecule has 2 amide bonds. The van der Waals surface area contributed by atoms with Crippen LogP contribution < -0.4 is 4.90 Å². The van der Waals surface area contributed by atoms with E-state index >= 15 is 0 Å². The van der Waals surface area contributed by atoms with Gasteiger partial charge in [0.2, 0.25) is 5.91 Å². The van der Waals surface area contributed by atoms with Crippen LogP contribution in [0.5, 0.6) is 0 Å². The number of benzene rings is 2. The summed E-state index contributed by atoms with van der Waals surface area (Å²) in [5.74, 6) is -1.98. The Morgan fingerprint density at radius 3 is 2.72 bits per heavy atom. The number of amides is 2. The summed E-state index contributed by atoms with van der Waals surface area (Å²) in [5.41, 5.74) is 0.724. The summed E-state index contributed by atoms with van der Waals surface area (Å²) in [6.45, 7) is 8.00. The fraction of sp³-hybridized carbons (Fsp3) is 0.464. The Labute approximate surface area is 215 Å². The first-order valence-corrected chi connectivity index (χ1v) is 13.4. The number of rotatable bonds is 8. The van der Waals surface area contributed by atoms with Crippen molar-refractivity contribution in [2.45, 2.75) is 36.3 Å². The monoisotopic (exact) mass is 508 g/mol. The van der Waals surface area contributed by atoms with Crippen LogP contribution in [-0.4, -0.2) is 70.1 Å². The number of anilines is 1. The van der Waals surface area contributed by atoms with E-state index in [0.717, 1.165) is 22.9 Å². The first-order valence-electron chi connectivity index (χ1n) is 12.6. The SMILES string of the molecule is C=CCN(C(=O)C1N(CCO)C(=O)[C@@H]2[C@@H](C(=O)OCC)[C@H]3CC(C)C12S3)c1ccc2ccccc2c1. The van der Waals surface area contributed by atoms with Crippen LogP contribution in [0.4, 0.5) is 5.69 Å². The van der Waals surface area contributed by atoms with Crippen LogP contribution in [0, 0.1) is 17.8 Å². The van der Waals surface area contributed by atoms with Crippen molar-refractivity contribution in [2.75, 3.05) is 31.2 Å². The second-order valence-corrected chi connectivity index (χ2v) is 11.4. The molecule has 0 saturated carbocycles. The largest absolute Gasteiger partial charge is 0.466 e. The number of aliphatic hydroxyl groups excluding tert-OH is 1. The first kappa shape index (κ1) is 24.8. The lowest BCUT2D eigenvalue weighted by atomic mass is 9.66. The minimum absolute atomic E-state index is 0.0423. The molecule has 2 aromatic rings. The molecular weight excluding hydrogens is 476 g/mol. The molecule has 0 radical (unpaired) electrons. The lowest BCUT2D eigenvalue weighted by Gasteiger charge is -2.40. The number of carbonyl (C=O) groups is 3. The molecule has 5 rings (SSSR count). The molecule has 1 N–H and O–H groups in total. The van der Waals surface area contributed by atoms with Crippen molar-refractivity contribution in [1.82, 2.24) is 4.90 Å². The van der Waals surface area contributed by atoms with Crippen molar-refractivity contribution in [2.24, 2.45) is 17.8 Å². The van der Waals surface area contributed by atoms with Gasteiger partial charge in [0.1, 0.15) is 6.04 Å². The number of β-amino-alcohol motifs (C(OH)–C–C–N with tert-alkyl or cyclic N) is 1. The Morgan fingerprint density at radius 1 is 1.28 bits per heavy atom. The van der Waals surface area contributed by atoms with Gasteiger partial charge in [0.25, 0.3) is 5.91 Å². The Hall–Kier alpha value is -2.84. The van der Waals surface area contributed by atoms with Gasteiger partial charge in [-0.1, -0.05) is 43.3 Å². The fourth-order valence-electron chi connectivity index (χ4n) is 6.60. The predicted octanol–water partition coefficient (Wildman–Crippen LogP) is 3.25.